The molecule has 0 fully saturated rings. The minimum Gasteiger partial charge on any atom is -0.383 e. The Balaban J connectivity index is 2.47. The molecule has 2 rings (SSSR count). The van der Waals surface area contributed by atoms with Gasteiger partial charge in [0, 0.05) is 19.7 Å². The molecule has 2 aromatic heterocycles. The lowest BCUT2D eigenvalue weighted by atomic mass is 10.2. The number of nitrogen functional groups attached to an aromatic ring is 1. The van der Waals surface area contributed by atoms with Crippen molar-refractivity contribution in [1.82, 2.24) is 20.2 Å². The highest BCUT2D eigenvalue weighted by atomic mass is 16.5. The van der Waals surface area contributed by atoms with Crippen LogP contribution in [0.4, 0.5) is 11.8 Å². The largest absolute Gasteiger partial charge is 0.383 e. The van der Waals surface area contributed by atoms with E-state index in [1.807, 2.05) is 0 Å². The SMILES string of the molecule is CCC(C)N(CCOC)c1nc(NN)nc2[nH]ncc12. The third kappa shape index (κ3) is 2.81. The molecule has 1 unspecified atom stereocenters. The number of ether oxygens (including phenoxy) is 1. The third-order valence-corrected chi connectivity index (χ3v) is 3.35. The summed E-state index contributed by atoms with van der Waals surface area (Å²) in [5.74, 6) is 6.61. The van der Waals surface area contributed by atoms with E-state index in [1.54, 1.807) is 13.3 Å². The van der Waals surface area contributed by atoms with Crippen LogP contribution in [0, 0.1) is 0 Å². The molecule has 8 nitrogen and oxygen atoms in total. The van der Waals surface area contributed by atoms with Gasteiger partial charge in [-0.3, -0.25) is 10.5 Å². The van der Waals surface area contributed by atoms with Crippen molar-refractivity contribution in [1.29, 1.82) is 0 Å². The van der Waals surface area contributed by atoms with Crippen molar-refractivity contribution in [2.45, 2.75) is 26.3 Å². The maximum absolute atomic E-state index is 5.43. The minimum atomic E-state index is 0.323. The van der Waals surface area contributed by atoms with Gasteiger partial charge in [-0.05, 0) is 13.3 Å². The maximum atomic E-state index is 5.43. The van der Waals surface area contributed by atoms with Crippen molar-refractivity contribution in [2.24, 2.45) is 5.84 Å². The molecule has 0 radical (unpaired) electrons. The Hall–Kier alpha value is -1.93. The molecule has 1 atom stereocenters. The van der Waals surface area contributed by atoms with Crippen LogP contribution in [0.15, 0.2) is 6.20 Å². The second kappa shape index (κ2) is 6.49. The van der Waals surface area contributed by atoms with E-state index in [9.17, 15) is 0 Å². The standard InChI is InChI=1S/C12H21N7O/c1-4-8(2)19(5-6-20-3)11-9-7-14-18-10(9)15-12(16-11)17-13/h7-8H,4-6,13H2,1-3H3,(H2,14,15,16,17,18). The third-order valence-electron chi connectivity index (χ3n) is 3.35. The Morgan fingerprint density at radius 1 is 1.50 bits per heavy atom. The second-order valence-corrected chi connectivity index (χ2v) is 4.59. The van der Waals surface area contributed by atoms with E-state index in [0.717, 1.165) is 24.2 Å². The molecular formula is C12H21N7O. The molecule has 0 saturated heterocycles. The first-order chi connectivity index (χ1) is 9.71. The highest BCUT2D eigenvalue weighted by molar-refractivity contribution is 5.87. The van der Waals surface area contributed by atoms with Crippen molar-refractivity contribution in [3.05, 3.63) is 6.20 Å². The normalized spacial score (nSPS) is 12.6. The summed E-state index contributed by atoms with van der Waals surface area (Å²) in [6, 6.07) is 0.323. The fourth-order valence-electron chi connectivity index (χ4n) is 2.05. The number of methoxy groups -OCH3 is 1. The number of hydrogen-bond acceptors (Lipinski definition) is 7. The molecule has 20 heavy (non-hydrogen) atoms. The molecule has 8 heteroatoms. The van der Waals surface area contributed by atoms with E-state index in [4.69, 9.17) is 10.6 Å². The zero-order valence-electron chi connectivity index (χ0n) is 12.1. The van der Waals surface area contributed by atoms with Crippen molar-refractivity contribution in [2.75, 3.05) is 30.6 Å². The second-order valence-electron chi connectivity index (χ2n) is 4.59. The molecule has 0 aliphatic rings. The average Bonchev–Trinajstić information content (AvgIpc) is 2.95. The van der Waals surface area contributed by atoms with Crippen LogP contribution in [-0.2, 0) is 4.74 Å². The molecule has 0 saturated carbocycles. The van der Waals surface area contributed by atoms with E-state index < -0.39 is 0 Å². The van der Waals surface area contributed by atoms with Crippen molar-refractivity contribution >= 4 is 22.8 Å². The molecule has 0 aliphatic carbocycles. The van der Waals surface area contributed by atoms with Crippen LogP contribution in [0.1, 0.15) is 20.3 Å². The summed E-state index contributed by atoms with van der Waals surface area (Å²) in [6.07, 6.45) is 2.73. The highest BCUT2D eigenvalue weighted by Gasteiger charge is 2.19. The van der Waals surface area contributed by atoms with E-state index in [1.165, 1.54) is 0 Å². The van der Waals surface area contributed by atoms with Gasteiger partial charge in [0.15, 0.2) is 5.65 Å². The number of hydrogen-bond donors (Lipinski definition) is 3. The first-order valence-corrected chi connectivity index (χ1v) is 6.64. The van der Waals surface area contributed by atoms with E-state index in [2.05, 4.69) is 44.3 Å². The van der Waals surface area contributed by atoms with Crippen LogP contribution < -0.4 is 16.2 Å². The lowest BCUT2D eigenvalue weighted by molar-refractivity contribution is 0.203. The van der Waals surface area contributed by atoms with Crippen LogP contribution in [0.2, 0.25) is 0 Å². The summed E-state index contributed by atoms with van der Waals surface area (Å²) in [4.78, 5) is 10.9. The summed E-state index contributed by atoms with van der Waals surface area (Å²) in [6.45, 7) is 5.66. The Kier molecular flexibility index (Phi) is 4.70. The molecule has 0 aromatic carbocycles. The topological polar surface area (TPSA) is 105 Å². The molecule has 110 valence electrons. The Labute approximate surface area is 117 Å². The van der Waals surface area contributed by atoms with Gasteiger partial charge in [-0.25, -0.2) is 5.84 Å². The van der Waals surface area contributed by atoms with Gasteiger partial charge in [0.05, 0.1) is 18.2 Å². The Morgan fingerprint density at radius 3 is 2.95 bits per heavy atom. The zero-order valence-corrected chi connectivity index (χ0v) is 12.1. The predicted octanol–water partition coefficient (Wildman–Crippen LogP) is 0.890. The van der Waals surface area contributed by atoms with Gasteiger partial charge in [-0.15, -0.1) is 0 Å². The number of H-pyrrole nitrogens is 1. The molecule has 2 aromatic rings. The van der Waals surface area contributed by atoms with Crippen molar-refractivity contribution in [3.63, 3.8) is 0 Å². The van der Waals surface area contributed by atoms with Crippen LogP contribution in [0.3, 0.4) is 0 Å². The number of nitrogens with one attached hydrogen (secondary N) is 2. The summed E-state index contributed by atoms with van der Waals surface area (Å²) >= 11 is 0. The molecule has 4 N–H and O–H groups in total. The van der Waals surface area contributed by atoms with Crippen LogP contribution in [0.5, 0.6) is 0 Å². The summed E-state index contributed by atoms with van der Waals surface area (Å²) in [5, 5.41) is 7.75. The Morgan fingerprint density at radius 2 is 2.30 bits per heavy atom. The maximum Gasteiger partial charge on any atom is 0.241 e. The molecule has 0 aliphatic heterocycles. The highest BCUT2D eigenvalue weighted by Crippen LogP contribution is 2.25. The number of nitrogens with two attached hydrogens (primary N) is 1. The van der Waals surface area contributed by atoms with Gasteiger partial charge in [-0.2, -0.15) is 15.1 Å². The monoisotopic (exact) mass is 279 g/mol. The van der Waals surface area contributed by atoms with E-state index in [-0.39, 0.29) is 0 Å². The number of anilines is 2. The fourth-order valence-corrected chi connectivity index (χ4v) is 2.05. The van der Waals surface area contributed by atoms with Gasteiger partial charge >= 0.3 is 0 Å². The van der Waals surface area contributed by atoms with Crippen molar-refractivity contribution < 1.29 is 4.74 Å². The van der Waals surface area contributed by atoms with Crippen LogP contribution in [-0.4, -0.2) is 46.5 Å². The zero-order chi connectivity index (χ0) is 14.5. The summed E-state index contributed by atoms with van der Waals surface area (Å²) < 4.78 is 5.19. The minimum absolute atomic E-state index is 0.323. The molecule has 2 heterocycles. The molecule has 0 bridgehead atoms. The quantitative estimate of drug-likeness (QED) is 0.510. The summed E-state index contributed by atoms with van der Waals surface area (Å²) in [5.41, 5.74) is 3.15. The van der Waals surface area contributed by atoms with Gasteiger partial charge in [0.25, 0.3) is 0 Å². The fraction of sp³-hybridized carbons (Fsp3) is 0.583. The Bertz CT molecular complexity index is 556. The molecule has 0 spiro atoms. The number of fused-ring (bicyclic) bond motifs is 1. The van der Waals surface area contributed by atoms with Gasteiger partial charge in [0.2, 0.25) is 5.95 Å². The van der Waals surface area contributed by atoms with Gasteiger partial charge in [-0.1, -0.05) is 6.92 Å². The summed E-state index contributed by atoms with van der Waals surface area (Å²) in [7, 11) is 1.69. The lowest BCUT2D eigenvalue weighted by Crippen LogP contribution is -2.36. The van der Waals surface area contributed by atoms with Crippen molar-refractivity contribution in [3.8, 4) is 0 Å². The van der Waals surface area contributed by atoms with E-state index >= 15 is 0 Å². The van der Waals surface area contributed by atoms with Crippen LogP contribution >= 0.6 is 0 Å². The lowest BCUT2D eigenvalue weighted by Gasteiger charge is -2.30. The number of aromatic amines is 1. The van der Waals surface area contributed by atoms with E-state index in [0.29, 0.717) is 24.2 Å². The smallest absolute Gasteiger partial charge is 0.241 e. The average molecular weight is 279 g/mol. The molecular weight excluding hydrogens is 258 g/mol. The predicted molar refractivity (Wildman–Crippen MR) is 78.5 cm³/mol. The van der Waals surface area contributed by atoms with Crippen LogP contribution in [0.25, 0.3) is 11.0 Å². The number of nitrogens with zero attached hydrogens (tertiary/aromatic N) is 4. The molecule has 0 amide bonds. The first kappa shape index (κ1) is 14.5. The number of aromatic nitrogens is 4. The first-order valence-electron chi connectivity index (χ1n) is 6.64. The van der Waals surface area contributed by atoms with Gasteiger partial charge in [0.1, 0.15) is 5.82 Å². The number of rotatable bonds is 7. The number of hydrazine groups is 1. The van der Waals surface area contributed by atoms with Gasteiger partial charge < -0.3 is 9.64 Å².